The van der Waals surface area contributed by atoms with Gasteiger partial charge in [-0.25, -0.2) is 4.39 Å². The number of nitrogens with zero attached hydrogens (tertiary/aromatic N) is 3. The van der Waals surface area contributed by atoms with Crippen LogP contribution in [0.4, 0.5) is 4.39 Å². The quantitative estimate of drug-likeness (QED) is 0.877. The van der Waals surface area contributed by atoms with Gasteiger partial charge in [-0.2, -0.15) is 5.01 Å². The molecule has 8 heteroatoms. The molecule has 1 amide bonds. The van der Waals surface area contributed by atoms with Crippen molar-refractivity contribution in [2.45, 2.75) is 38.6 Å². The van der Waals surface area contributed by atoms with Gasteiger partial charge in [0.05, 0.1) is 11.7 Å². The lowest BCUT2D eigenvalue weighted by Gasteiger charge is -2.50. The van der Waals surface area contributed by atoms with Gasteiger partial charge in [0.1, 0.15) is 11.9 Å². The molecule has 0 spiro atoms. The average molecular weight is 368 g/mol. The van der Waals surface area contributed by atoms with Crippen molar-refractivity contribution in [3.8, 4) is 0 Å². The fourth-order valence-corrected chi connectivity index (χ4v) is 3.25. The summed E-state index contributed by atoms with van der Waals surface area (Å²) in [4.78, 5) is 26.1. The van der Waals surface area contributed by atoms with Gasteiger partial charge < -0.3 is 10.0 Å². The van der Waals surface area contributed by atoms with Crippen LogP contribution < -0.4 is 0 Å². The number of benzene rings is 1. The predicted octanol–water partition coefficient (Wildman–Crippen LogP) is 1.53. The van der Waals surface area contributed by atoms with Gasteiger partial charge in [-0.3, -0.25) is 14.6 Å². The van der Waals surface area contributed by atoms with Crippen LogP contribution in [-0.4, -0.2) is 56.6 Å². The van der Waals surface area contributed by atoms with Gasteiger partial charge in [-0.05, 0) is 31.5 Å². The molecular formula is C17H19ClFN3O3. The summed E-state index contributed by atoms with van der Waals surface area (Å²) in [6.07, 6.45) is 1.34. The van der Waals surface area contributed by atoms with Gasteiger partial charge in [0.25, 0.3) is 5.91 Å². The molecule has 1 N–H and O–H groups in total. The van der Waals surface area contributed by atoms with Crippen LogP contribution in [-0.2, 0) is 16.1 Å². The molecule has 2 aliphatic rings. The number of rotatable bonds is 3. The van der Waals surface area contributed by atoms with Gasteiger partial charge in [-0.1, -0.05) is 17.7 Å². The Morgan fingerprint density at radius 3 is 2.72 bits per heavy atom. The van der Waals surface area contributed by atoms with E-state index >= 15 is 0 Å². The van der Waals surface area contributed by atoms with Crippen LogP contribution in [0.25, 0.3) is 0 Å². The number of carbonyl (C=O) groups excluding carboxylic acids is 2. The van der Waals surface area contributed by atoms with E-state index in [0.717, 1.165) is 5.56 Å². The molecule has 2 unspecified atom stereocenters. The van der Waals surface area contributed by atoms with Crippen LogP contribution in [0.2, 0.25) is 5.02 Å². The molecule has 0 bridgehead atoms. The molecule has 2 aliphatic heterocycles. The normalized spacial score (nSPS) is 24.2. The lowest BCUT2D eigenvalue weighted by molar-refractivity contribution is -0.184. The number of carbonyl (C=O) groups is 2. The first kappa shape index (κ1) is 17.8. The van der Waals surface area contributed by atoms with Gasteiger partial charge in [0, 0.05) is 24.9 Å². The third-order valence-corrected chi connectivity index (χ3v) is 4.71. The molecule has 25 heavy (non-hydrogen) atoms. The van der Waals surface area contributed by atoms with Gasteiger partial charge in [-0.15, -0.1) is 0 Å². The van der Waals surface area contributed by atoms with E-state index in [1.54, 1.807) is 16.0 Å². The van der Waals surface area contributed by atoms with E-state index in [2.05, 4.69) is 0 Å². The van der Waals surface area contributed by atoms with Crippen molar-refractivity contribution in [2.24, 2.45) is 0 Å². The van der Waals surface area contributed by atoms with Crippen molar-refractivity contribution < 1.29 is 19.1 Å². The minimum Gasteiger partial charge on any atom is -0.382 e. The zero-order chi connectivity index (χ0) is 18.3. The number of ketones is 1. The average Bonchev–Trinajstić information content (AvgIpc) is 2.56. The Kier molecular flexibility index (Phi) is 4.81. The Morgan fingerprint density at radius 1 is 1.36 bits per heavy atom. The van der Waals surface area contributed by atoms with Crippen molar-refractivity contribution in [3.05, 3.63) is 46.9 Å². The number of aliphatic hydroxyl groups is 1. The lowest BCUT2D eigenvalue weighted by atomic mass is 10.00. The minimum absolute atomic E-state index is 0.0206. The Balaban J connectivity index is 1.93. The number of fused-ring (bicyclic) bond motifs is 1. The summed E-state index contributed by atoms with van der Waals surface area (Å²) in [5.74, 6) is -1.29. The van der Waals surface area contributed by atoms with E-state index in [1.165, 1.54) is 24.4 Å². The van der Waals surface area contributed by atoms with Crippen LogP contribution in [0.15, 0.2) is 30.5 Å². The van der Waals surface area contributed by atoms with Gasteiger partial charge in [0.15, 0.2) is 11.8 Å². The standard InChI is InChI=1S/C17H19ClFN3O3/c1-10(2)21-9-20(8-11-3-4-13(19)12(18)7-11)22-6-5-14(23)16(24)15(22)17(21)25/h3-7,10,15-16,24H,8-9H2,1-2H3. The molecule has 134 valence electrons. The summed E-state index contributed by atoms with van der Waals surface area (Å²) < 4.78 is 13.4. The van der Waals surface area contributed by atoms with Gasteiger partial charge >= 0.3 is 0 Å². The number of hydrogen-bond acceptors (Lipinski definition) is 5. The van der Waals surface area contributed by atoms with Crippen molar-refractivity contribution in [1.82, 2.24) is 14.9 Å². The van der Waals surface area contributed by atoms with Crippen molar-refractivity contribution >= 4 is 23.3 Å². The molecule has 3 rings (SSSR count). The third-order valence-electron chi connectivity index (χ3n) is 4.42. The lowest BCUT2D eigenvalue weighted by Crippen LogP contribution is -2.68. The van der Waals surface area contributed by atoms with E-state index in [4.69, 9.17) is 11.6 Å². The molecule has 1 fully saturated rings. The summed E-state index contributed by atoms with van der Waals surface area (Å²) in [5, 5.41) is 13.6. The molecule has 1 aromatic rings. The third kappa shape index (κ3) is 3.27. The second-order valence-electron chi connectivity index (χ2n) is 6.44. The first-order valence-electron chi connectivity index (χ1n) is 7.97. The van der Waals surface area contributed by atoms with E-state index in [1.807, 2.05) is 18.9 Å². The number of aliphatic hydroxyl groups excluding tert-OH is 1. The molecular weight excluding hydrogens is 349 g/mol. The summed E-state index contributed by atoms with van der Waals surface area (Å²) in [5.41, 5.74) is 0.753. The second-order valence-corrected chi connectivity index (χ2v) is 6.85. The second kappa shape index (κ2) is 6.74. The SMILES string of the molecule is CC(C)N1CN(Cc2ccc(F)c(Cl)c2)N2C=CC(=O)C(O)C2C1=O. The molecule has 1 aromatic carbocycles. The molecule has 1 saturated heterocycles. The summed E-state index contributed by atoms with van der Waals surface area (Å²) in [7, 11) is 0. The minimum atomic E-state index is -1.42. The van der Waals surface area contributed by atoms with Crippen LogP contribution in [0.5, 0.6) is 0 Å². The van der Waals surface area contributed by atoms with E-state index in [0.29, 0.717) is 6.54 Å². The summed E-state index contributed by atoms with van der Waals surface area (Å²) >= 11 is 5.84. The predicted molar refractivity (Wildman–Crippen MR) is 89.6 cm³/mol. The highest BCUT2D eigenvalue weighted by atomic mass is 35.5. The van der Waals surface area contributed by atoms with E-state index in [9.17, 15) is 19.1 Å². The molecule has 2 atom stereocenters. The smallest absolute Gasteiger partial charge is 0.251 e. The van der Waals surface area contributed by atoms with Crippen LogP contribution >= 0.6 is 11.6 Å². The monoisotopic (exact) mass is 367 g/mol. The molecule has 6 nitrogen and oxygen atoms in total. The molecule has 0 radical (unpaired) electrons. The molecule has 0 aromatic heterocycles. The summed E-state index contributed by atoms with van der Waals surface area (Å²) in [6.45, 7) is 4.37. The molecule has 2 heterocycles. The number of halogens is 2. The highest BCUT2D eigenvalue weighted by Gasteiger charge is 2.46. The maximum absolute atomic E-state index is 13.4. The topological polar surface area (TPSA) is 64.1 Å². The molecule has 0 aliphatic carbocycles. The Bertz CT molecular complexity index is 740. The van der Waals surface area contributed by atoms with Crippen molar-refractivity contribution in [3.63, 3.8) is 0 Å². The Morgan fingerprint density at radius 2 is 2.08 bits per heavy atom. The highest BCUT2D eigenvalue weighted by Crippen LogP contribution is 2.27. The fourth-order valence-electron chi connectivity index (χ4n) is 3.05. The van der Waals surface area contributed by atoms with Crippen LogP contribution in [0.1, 0.15) is 19.4 Å². The molecule has 0 saturated carbocycles. The zero-order valence-corrected chi connectivity index (χ0v) is 14.7. The summed E-state index contributed by atoms with van der Waals surface area (Å²) in [6, 6.07) is 3.33. The number of hydrogen-bond donors (Lipinski definition) is 1. The number of hydrazine groups is 1. The van der Waals surface area contributed by atoms with E-state index in [-0.39, 0.29) is 23.6 Å². The Hall–Kier alpha value is -1.96. The maximum Gasteiger partial charge on any atom is 0.251 e. The largest absolute Gasteiger partial charge is 0.382 e. The van der Waals surface area contributed by atoms with Gasteiger partial charge in [0.2, 0.25) is 0 Å². The first-order chi connectivity index (χ1) is 11.8. The first-order valence-corrected chi connectivity index (χ1v) is 8.35. The van der Waals surface area contributed by atoms with E-state index < -0.39 is 23.7 Å². The van der Waals surface area contributed by atoms with Crippen LogP contribution in [0, 0.1) is 5.82 Å². The fraction of sp³-hybridized carbons (Fsp3) is 0.412. The maximum atomic E-state index is 13.4. The highest BCUT2D eigenvalue weighted by molar-refractivity contribution is 6.30. The van der Waals surface area contributed by atoms with Crippen molar-refractivity contribution in [1.29, 1.82) is 0 Å². The number of amides is 1. The van der Waals surface area contributed by atoms with Crippen molar-refractivity contribution in [2.75, 3.05) is 6.67 Å². The Labute approximate surface area is 150 Å². The van der Waals surface area contributed by atoms with Crippen LogP contribution in [0.3, 0.4) is 0 Å². The zero-order valence-electron chi connectivity index (χ0n) is 13.9.